The predicted octanol–water partition coefficient (Wildman–Crippen LogP) is 2.54. The van der Waals surface area contributed by atoms with Gasteiger partial charge in [0.05, 0.1) is 11.0 Å². The SMILES string of the molecule is CN(C)CCC(=O)N1CCN(c2cccc(-c3nc4ccccc4n3C)c2)CC1.O=CO. The molecule has 3 aromatic rings. The largest absolute Gasteiger partial charge is 0.483 e. The first kappa shape index (κ1) is 23.3. The van der Waals surface area contributed by atoms with Crippen molar-refractivity contribution in [3.63, 3.8) is 0 Å². The second kappa shape index (κ2) is 10.8. The molecule has 0 spiro atoms. The van der Waals surface area contributed by atoms with E-state index in [1.165, 1.54) is 5.69 Å². The number of hydrogen-bond acceptors (Lipinski definition) is 5. The third kappa shape index (κ3) is 5.45. The number of nitrogens with zero attached hydrogens (tertiary/aromatic N) is 5. The molecule has 0 radical (unpaired) electrons. The summed E-state index contributed by atoms with van der Waals surface area (Å²) in [6.07, 6.45) is 0.592. The minimum atomic E-state index is -0.250. The molecule has 1 amide bonds. The van der Waals surface area contributed by atoms with Crippen LogP contribution in [-0.2, 0) is 16.6 Å². The molecule has 8 heteroatoms. The van der Waals surface area contributed by atoms with Crippen LogP contribution in [0.5, 0.6) is 0 Å². The summed E-state index contributed by atoms with van der Waals surface area (Å²) in [5, 5.41) is 6.89. The first-order valence-electron chi connectivity index (χ1n) is 10.7. The smallest absolute Gasteiger partial charge is 0.290 e. The number of imidazole rings is 1. The molecule has 32 heavy (non-hydrogen) atoms. The molecule has 170 valence electrons. The number of carbonyl (C=O) groups is 2. The maximum Gasteiger partial charge on any atom is 0.290 e. The van der Waals surface area contributed by atoms with Crippen molar-refractivity contribution in [2.45, 2.75) is 6.42 Å². The van der Waals surface area contributed by atoms with Crippen molar-refractivity contribution in [3.8, 4) is 11.4 Å². The summed E-state index contributed by atoms with van der Waals surface area (Å²) in [6.45, 7) is 3.84. The van der Waals surface area contributed by atoms with Gasteiger partial charge in [-0.1, -0.05) is 24.3 Å². The molecule has 0 atom stereocenters. The zero-order chi connectivity index (χ0) is 23.1. The molecule has 0 unspecified atom stereocenters. The summed E-state index contributed by atoms with van der Waals surface area (Å²) >= 11 is 0. The average Bonchev–Trinajstić information content (AvgIpc) is 3.15. The standard InChI is InChI=1S/C23H29N5O.CH2O2/c1-25(2)12-11-22(29)28-15-13-27(14-16-28)19-8-6-7-18(17-19)23-24-20-9-4-5-10-21(20)26(23)3;2-1-3/h4-10,17H,11-16H2,1-3H3;1H,(H,2,3). The molecule has 2 aromatic carbocycles. The van der Waals surface area contributed by atoms with Crippen LogP contribution in [0.25, 0.3) is 22.4 Å². The highest BCUT2D eigenvalue weighted by Gasteiger charge is 2.21. The van der Waals surface area contributed by atoms with E-state index in [4.69, 9.17) is 14.9 Å². The molecule has 1 aliphatic rings. The van der Waals surface area contributed by atoms with Crippen molar-refractivity contribution in [2.75, 3.05) is 51.7 Å². The van der Waals surface area contributed by atoms with Crippen LogP contribution >= 0.6 is 0 Å². The number of aryl methyl sites for hydroxylation is 1. The van der Waals surface area contributed by atoms with Crippen LogP contribution in [0.2, 0.25) is 0 Å². The van der Waals surface area contributed by atoms with Gasteiger partial charge in [-0.2, -0.15) is 0 Å². The Morgan fingerprint density at radius 1 is 1.09 bits per heavy atom. The highest BCUT2D eigenvalue weighted by molar-refractivity contribution is 5.81. The number of hydrogen-bond donors (Lipinski definition) is 1. The number of para-hydroxylation sites is 2. The molecular weight excluding hydrogens is 406 g/mol. The second-order valence-electron chi connectivity index (χ2n) is 8.06. The highest BCUT2D eigenvalue weighted by Crippen LogP contribution is 2.27. The van der Waals surface area contributed by atoms with Gasteiger partial charge in [-0.05, 0) is 38.4 Å². The molecule has 0 bridgehead atoms. The third-order valence-electron chi connectivity index (χ3n) is 5.66. The minimum Gasteiger partial charge on any atom is -0.483 e. The Morgan fingerprint density at radius 2 is 1.78 bits per heavy atom. The number of carbonyl (C=O) groups excluding carboxylic acids is 1. The Balaban J connectivity index is 0.000000913. The molecule has 0 aliphatic carbocycles. The van der Waals surface area contributed by atoms with Crippen molar-refractivity contribution >= 4 is 29.1 Å². The number of piperazine rings is 1. The maximum absolute atomic E-state index is 12.4. The number of amides is 1. The fourth-order valence-corrected chi connectivity index (χ4v) is 3.94. The van der Waals surface area contributed by atoms with Crippen LogP contribution in [0.4, 0.5) is 5.69 Å². The first-order valence-corrected chi connectivity index (χ1v) is 10.7. The zero-order valence-electron chi connectivity index (χ0n) is 18.9. The van der Waals surface area contributed by atoms with Crippen LogP contribution in [0, 0.1) is 0 Å². The number of fused-ring (bicyclic) bond motifs is 1. The summed E-state index contributed by atoms with van der Waals surface area (Å²) in [7, 11) is 6.07. The van der Waals surface area contributed by atoms with E-state index in [9.17, 15) is 4.79 Å². The lowest BCUT2D eigenvalue weighted by molar-refractivity contribution is -0.131. The Bertz CT molecular complexity index is 1050. The summed E-state index contributed by atoms with van der Waals surface area (Å²) in [4.78, 5) is 32.0. The van der Waals surface area contributed by atoms with Gasteiger partial charge in [0.1, 0.15) is 5.82 Å². The van der Waals surface area contributed by atoms with Gasteiger partial charge in [-0.15, -0.1) is 0 Å². The van der Waals surface area contributed by atoms with Crippen LogP contribution in [0.3, 0.4) is 0 Å². The summed E-state index contributed by atoms with van der Waals surface area (Å²) < 4.78 is 2.15. The highest BCUT2D eigenvalue weighted by atomic mass is 16.3. The number of benzene rings is 2. The van der Waals surface area contributed by atoms with E-state index < -0.39 is 0 Å². The van der Waals surface area contributed by atoms with E-state index in [0.717, 1.165) is 55.1 Å². The number of carboxylic acid groups (broad SMARTS) is 1. The molecule has 0 saturated carbocycles. The monoisotopic (exact) mass is 437 g/mol. The fourth-order valence-electron chi connectivity index (χ4n) is 3.94. The van der Waals surface area contributed by atoms with Crippen molar-refractivity contribution in [1.82, 2.24) is 19.4 Å². The van der Waals surface area contributed by atoms with Crippen LogP contribution in [0.15, 0.2) is 48.5 Å². The molecule has 1 aromatic heterocycles. The lowest BCUT2D eigenvalue weighted by Crippen LogP contribution is -2.49. The molecule has 1 saturated heterocycles. The van der Waals surface area contributed by atoms with E-state index in [0.29, 0.717) is 6.42 Å². The summed E-state index contributed by atoms with van der Waals surface area (Å²) in [5.41, 5.74) is 4.46. The van der Waals surface area contributed by atoms with E-state index in [1.54, 1.807) is 0 Å². The first-order chi connectivity index (χ1) is 15.4. The zero-order valence-corrected chi connectivity index (χ0v) is 18.9. The van der Waals surface area contributed by atoms with Crippen molar-refractivity contribution in [2.24, 2.45) is 7.05 Å². The molecular formula is C24H31N5O3. The normalized spacial score (nSPS) is 13.8. The summed E-state index contributed by atoms with van der Waals surface area (Å²) in [5.74, 6) is 1.23. The molecule has 2 heterocycles. The van der Waals surface area contributed by atoms with E-state index in [2.05, 4.69) is 57.8 Å². The van der Waals surface area contributed by atoms with Gasteiger partial charge >= 0.3 is 0 Å². The summed E-state index contributed by atoms with van der Waals surface area (Å²) in [6, 6.07) is 16.8. The van der Waals surface area contributed by atoms with Gasteiger partial charge in [-0.3, -0.25) is 9.59 Å². The fraction of sp³-hybridized carbons (Fsp3) is 0.375. The quantitative estimate of drug-likeness (QED) is 0.618. The van der Waals surface area contributed by atoms with E-state index in [-0.39, 0.29) is 12.4 Å². The van der Waals surface area contributed by atoms with E-state index >= 15 is 0 Å². The van der Waals surface area contributed by atoms with Crippen molar-refractivity contribution in [3.05, 3.63) is 48.5 Å². The maximum atomic E-state index is 12.4. The number of rotatable bonds is 5. The topological polar surface area (TPSA) is 81.9 Å². The van der Waals surface area contributed by atoms with Gasteiger partial charge in [0, 0.05) is 57.4 Å². The number of aromatic nitrogens is 2. The molecule has 8 nitrogen and oxygen atoms in total. The van der Waals surface area contributed by atoms with Gasteiger partial charge in [0.15, 0.2) is 0 Å². The second-order valence-corrected chi connectivity index (χ2v) is 8.06. The molecule has 1 aliphatic heterocycles. The van der Waals surface area contributed by atoms with Gasteiger partial charge < -0.3 is 24.4 Å². The van der Waals surface area contributed by atoms with Crippen molar-refractivity contribution < 1.29 is 14.7 Å². The van der Waals surface area contributed by atoms with Gasteiger partial charge in [0.2, 0.25) is 5.91 Å². The van der Waals surface area contributed by atoms with Gasteiger partial charge in [0.25, 0.3) is 6.47 Å². The molecule has 1 N–H and O–H groups in total. The Labute approximate surface area is 188 Å². The number of anilines is 1. The van der Waals surface area contributed by atoms with Crippen molar-refractivity contribution in [1.29, 1.82) is 0 Å². The van der Waals surface area contributed by atoms with Crippen LogP contribution < -0.4 is 4.90 Å². The van der Waals surface area contributed by atoms with E-state index in [1.807, 2.05) is 31.1 Å². The van der Waals surface area contributed by atoms with Crippen LogP contribution in [0.1, 0.15) is 6.42 Å². The molecule has 4 rings (SSSR count). The average molecular weight is 438 g/mol. The Kier molecular flexibility index (Phi) is 7.83. The predicted molar refractivity (Wildman–Crippen MR) is 127 cm³/mol. The Hall–Kier alpha value is -3.39. The third-order valence-corrected chi connectivity index (χ3v) is 5.66. The minimum absolute atomic E-state index is 0.250. The lowest BCUT2D eigenvalue weighted by Gasteiger charge is -2.36. The van der Waals surface area contributed by atoms with Gasteiger partial charge in [-0.25, -0.2) is 4.98 Å². The lowest BCUT2D eigenvalue weighted by atomic mass is 10.1. The Morgan fingerprint density at radius 3 is 2.44 bits per heavy atom. The van der Waals surface area contributed by atoms with Crippen LogP contribution in [-0.4, -0.2) is 83.7 Å². The molecule has 1 fully saturated rings.